The van der Waals surface area contributed by atoms with Crippen LogP contribution in [-0.4, -0.2) is 75.7 Å². The third kappa shape index (κ3) is 4.06. The Hall–Kier alpha value is -1.40. The second kappa shape index (κ2) is 7.55. The number of likely N-dealkylation sites (tertiary alicyclic amines) is 2. The molecule has 1 spiro atoms. The van der Waals surface area contributed by atoms with Crippen molar-refractivity contribution in [3.63, 3.8) is 0 Å². The minimum atomic E-state index is 0.0747. The minimum absolute atomic E-state index is 0.0747. The molecule has 4 rings (SSSR count). The fourth-order valence-electron chi connectivity index (χ4n) is 5.08. The zero-order valence-corrected chi connectivity index (χ0v) is 17.2. The Labute approximate surface area is 163 Å². The fraction of sp³-hybridized carbons (Fsp3) is 0.810. The summed E-state index contributed by atoms with van der Waals surface area (Å²) >= 11 is 0. The first-order chi connectivity index (χ1) is 13.0. The summed E-state index contributed by atoms with van der Waals surface area (Å²) in [5, 5.41) is 4.29. The van der Waals surface area contributed by atoms with Crippen LogP contribution in [0.4, 0.5) is 0 Å². The number of hydrogen-bond acceptors (Lipinski definition) is 4. The van der Waals surface area contributed by atoms with Crippen LogP contribution in [0.1, 0.15) is 51.0 Å². The average Bonchev–Trinajstić information content (AvgIpc) is 3.32. The van der Waals surface area contributed by atoms with Crippen LogP contribution in [0.5, 0.6) is 0 Å². The van der Waals surface area contributed by atoms with Gasteiger partial charge in [-0.2, -0.15) is 5.10 Å². The highest BCUT2D eigenvalue weighted by Gasteiger charge is 2.49. The van der Waals surface area contributed by atoms with Gasteiger partial charge in [0, 0.05) is 37.9 Å². The number of carbonyl (C=O) groups excluding carboxylic acids is 1. The van der Waals surface area contributed by atoms with Gasteiger partial charge in [0.25, 0.3) is 0 Å². The van der Waals surface area contributed by atoms with Crippen molar-refractivity contribution < 1.29 is 4.79 Å². The molecule has 0 bridgehead atoms. The zero-order valence-electron chi connectivity index (χ0n) is 17.2. The predicted octanol–water partition coefficient (Wildman–Crippen LogP) is 2.11. The number of hydrogen-bond donors (Lipinski definition) is 0. The number of amides is 1. The molecule has 1 saturated carbocycles. The van der Waals surface area contributed by atoms with E-state index in [0.29, 0.717) is 23.9 Å². The zero-order chi connectivity index (χ0) is 19.0. The van der Waals surface area contributed by atoms with Gasteiger partial charge in [0.15, 0.2) is 0 Å². The summed E-state index contributed by atoms with van der Waals surface area (Å²) in [6.45, 7) is 7.43. The average molecular weight is 374 g/mol. The second-order valence-corrected chi connectivity index (χ2v) is 9.21. The molecule has 3 fully saturated rings. The van der Waals surface area contributed by atoms with E-state index in [9.17, 15) is 4.79 Å². The number of aryl methyl sites for hydroxylation is 1. The van der Waals surface area contributed by atoms with Crippen LogP contribution >= 0.6 is 0 Å². The summed E-state index contributed by atoms with van der Waals surface area (Å²) in [4.78, 5) is 20.8. The summed E-state index contributed by atoms with van der Waals surface area (Å²) in [6.07, 6.45) is 10.9. The summed E-state index contributed by atoms with van der Waals surface area (Å²) < 4.78 is 1.83. The molecule has 6 nitrogen and oxygen atoms in total. The van der Waals surface area contributed by atoms with Gasteiger partial charge in [-0.3, -0.25) is 14.4 Å². The van der Waals surface area contributed by atoms with Crippen LogP contribution < -0.4 is 0 Å². The monoisotopic (exact) mass is 373 g/mol. The van der Waals surface area contributed by atoms with E-state index in [4.69, 9.17) is 0 Å². The van der Waals surface area contributed by atoms with E-state index in [2.05, 4.69) is 33.8 Å². The number of piperidine rings is 1. The Kier molecular flexibility index (Phi) is 5.30. The molecule has 1 atom stereocenters. The summed E-state index contributed by atoms with van der Waals surface area (Å²) in [6, 6.07) is 0.515. The lowest BCUT2D eigenvalue weighted by Crippen LogP contribution is -2.46. The molecule has 0 N–H and O–H groups in total. The molecule has 3 heterocycles. The summed E-state index contributed by atoms with van der Waals surface area (Å²) in [7, 11) is 4.16. The lowest BCUT2D eigenvalue weighted by molar-refractivity contribution is -0.137. The van der Waals surface area contributed by atoms with Gasteiger partial charge < -0.3 is 9.80 Å². The Balaban J connectivity index is 1.50. The quantitative estimate of drug-likeness (QED) is 0.766. The molecule has 1 aromatic rings. The van der Waals surface area contributed by atoms with Gasteiger partial charge in [0.05, 0.1) is 12.2 Å². The smallest absolute Gasteiger partial charge is 0.240 e. The van der Waals surface area contributed by atoms with Crippen molar-refractivity contribution in [1.29, 1.82) is 0 Å². The van der Waals surface area contributed by atoms with Crippen molar-refractivity contribution in [3.05, 3.63) is 18.0 Å². The van der Waals surface area contributed by atoms with Gasteiger partial charge in [-0.15, -0.1) is 0 Å². The first kappa shape index (κ1) is 18.9. The van der Waals surface area contributed by atoms with E-state index in [1.165, 1.54) is 25.9 Å². The van der Waals surface area contributed by atoms with E-state index in [1.54, 1.807) is 0 Å². The molecule has 27 heavy (non-hydrogen) atoms. The molecule has 1 aromatic heterocycles. The molecule has 6 heteroatoms. The molecule has 1 aliphatic carbocycles. The molecule has 150 valence electrons. The first-order valence-electron chi connectivity index (χ1n) is 10.7. The number of aromatic nitrogens is 2. The van der Waals surface area contributed by atoms with Gasteiger partial charge >= 0.3 is 0 Å². The van der Waals surface area contributed by atoms with Gasteiger partial charge in [-0.25, -0.2) is 0 Å². The summed E-state index contributed by atoms with van der Waals surface area (Å²) in [5.41, 5.74) is 1.50. The highest BCUT2D eigenvalue weighted by atomic mass is 16.2. The van der Waals surface area contributed by atoms with Crippen LogP contribution in [0.25, 0.3) is 0 Å². The number of rotatable bonds is 6. The molecule has 1 amide bonds. The molecule has 0 aromatic carbocycles. The largest absolute Gasteiger partial charge is 0.334 e. The van der Waals surface area contributed by atoms with Gasteiger partial charge in [0.2, 0.25) is 5.91 Å². The van der Waals surface area contributed by atoms with Crippen molar-refractivity contribution in [2.45, 2.75) is 64.1 Å². The minimum Gasteiger partial charge on any atom is -0.334 e. The van der Waals surface area contributed by atoms with Crippen molar-refractivity contribution in [2.24, 2.45) is 12.5 Å². The maximum absolute atomic E-state index is 13.7. The lowest BCUT2D eigenvalue weighted by Gasteiger charge is -2.37. The van der Waals surface area contributed by atoms with Crippen molar-refractivity contribution in [2.75, 3.05) is 33.2 Å². The number of nitrogens with zero attached hydrogens (tertiary/aromatic N) is 5. The SMILES string of the molecule is CCCN1CC2(CCN(C)CC2)CC1C(=O)N(Cc1cnn(C)c1)C1CC1. The Morgan fingerprint density at radius 2 is 2.04 bits per heavy atom. The lowest BCUT2D eigenvalue weighted by atomic mass is 9.76. The van der Waals surface area contributed by atoms with Gasteiger partial charge in [-0.1, -0.05) is 6.92 Å². The number of carbonyl (C=O) groups is 1. The van der Waals surface area contributed by atoms with Gasteiger partial charge in [0.1, 0.15) is 0 Å². The topological polar surface area (TPSA) is 44.6 Å². The molecular formula is C21H35N5O. The predicted molar refractivity (Wildman–Crippen MR) is 106 cm³/mol. The van der Waals surface area contributed by atoms with Crippen LogP contribution in [0.15, 0.2) is 12.4 Å². The Morgan fingerprint density at radius 3 is 2.63 bits per heavy atom. The highest BCUT2D eigenvalue weighted by Crippen LogP contribution is 2.44. The first-order valence-corrected chi connectivity index (χ1v) is 10.7. The maximum Gasteiger partial charge on any atom is 0.240 e. The second-order valence-electron chi connectivity index (χ2n) is 9.21. The maximum atomic E-state index is 13.7. The third-order valence-corrected chi connectivity index (χ3v) is 6.83. The summed E-state index contributed by atoms with van der Waals surface area (Å²) in [5.74, 6) is 0.366. The Bertz CT molecular complexity index is 659. The third-order valence-electron chi connectivity index (χ3n) is 6.83. The van der Waals surface area contributed by atoms with Crippen LogP contribution in [0.2, 0.25) is 0 Å². The fourth-order valence-corrected chi connectivity index (χ4v) is 5.08. The van der Waals surface area contributed by atoms with Gasteiger partial charge in [-0.05, 0) is 70.6 Å². The van der Waals surface area contributed by atoms with Crippen LogP contribution in [-0.2, 0) is 18.4 Å². The molecular weight excluding hydrogens is 338 g/mol. The van der Waals surface area contributed by atoms with E-state index < -0.39 is 0 Å². The van der Waals surface area contributed by atoms with E-state index in [1.807, 2.05) is 24.1 Å². The Morgan fingerprint density at radius 1 is 1.30 bits per heavy atom. The van der Waals surface area contributed by atoms with E-state index in [0.717, 1.165) is 44.3 Å². The molecule has 2 saturated heterocycles. The van der Waals surface area contributed by atoms with Crippen molar-refractivity contribution in [3.8, 4) is 0 Å². The van der Waals surface area contributed by atoms with E-state index in [-0.39, 0.29) is 6.04 Å². The van der Waals surface area contributed by atoms with E-state index >= 15 is 0 Å². The standard InChI is InChI=1S/C21H35N5O/c1-4-9-25-16-21(7-10-23(2)11-8-21)12-19(25)20(27)26(18-5-6-18)15-17-13-22-24(3)14-17/h13-14,18-19H,4-12,15-16H2,1-3H3. The van der Waals surface area contributed by atoms with Crippen LogP contribution in [0, 0.1) is 5.41 Å². The highest BCUT2D eigenvalue weighted by molar-refractivity contribution is 5.83. The van der Waals surface area contributed by atoms with Crippen LogP contribution in [0.3, 0.4) is 0 Å². The molecule has 2 aliphatic heterocycles. The molecule has 3 aliphatic rings. The van der Waals surface area contributed by atoms with Crippen molar-refractivity contribution in [1.82, 2.24) is 24.5 Å². The van der Waals surface area contributed by atoms with Crippen molar-refractivity contribution >= 4 is 5.91 Å². The molecule has 1 unspecified atom stereocenters. The molecule has 0 radical (unpaired) electrons. The normalized spacial score (nSPS) is 26.0.